The molecule has 0 aromatic heterocycles. The molecule has 1 fully saturated rings. The van der Waals surface area contributed by atoms with E-state index in [4.69, 9.17) is 0 Å². The Hall–Kier alpha value is 1.07. The minimum absolute atomic E-state index is 0. The number of nitrogens with zero attached hydrogens (tertiary/aromatic N) is 3. The fraction of sp³-hybridized carbons (Fsp3) is 0.944. The third kappa shape index (κ3) is 21.1. The minimum atomic E-state index is 0. The maximum atomic E-state index is 4.20. The normalized spacial score (nSPS) is 14.6. The van der Waals surface area contributed by atoms with Gasteiger partial charge in [0, 0.05) is 35.6 Å². The molecule has 0 amide bonds. The Morgan fingerprint density at radius 2 is 1.41 bits per heavy atom. The van der Waals surface area contributed by atoms with Gasteiger partial charge in [0.15, 0.2) is 0 Å². The second kappa shape index (κ2) is 18.4. The van der Waals surface area contributed by atoms with Gasteiger partial charge in [0.2, 0.25) is 0 Å². The third-order valence-electron chi connectivity index (χ3n) is 3.59. The van der Waals surface area contributed by atoms with E-state index in [2.05, 4.69) is 57.3 Å². The van der Waals surface area contributed by atoms with E-state index in [-0.39, 0.29) is 43.0 Å². The summed E-state index contributed by atoms with van der Waals surface area (Å²) in [6, 6.07) is 0.847. The molecule has 0 N–H and O–H groups in total. The molecular weight excluding hydrogens is 397 g/mol. The van der Waals surface area contributed by atoms with E-state index in [1.165, 1.54) is 45.1 Å². The molecular formula is C18H40LaN3-3. The van der Waals surface area contributed by atoms with Crippen LogP contribution in [0.25, 0.3) is 10.6 Å². The smallest absolute Gasteiger partial charge is 0 e. The summed E-state index contributed by atoms with van der Waals surface area (Å²) in [5.74, 6) is 1.08. The predicted molar refractivity (Wildman–Crippen MR) is 98.0 cm³/mol. The Bertz CT molecular complexity index is 195. The molecule has 0 atom stereocenters. The van der Waals surface area contributed by atoms with Crippen molar-refractivity contribution in [2.24, 2.45) is 5.92 Å². The maximum Gasteiger partial charge on any atom is 0 e. The molecule has 0 heterocycles. The van der Waals surface area contributed by atoms with Crippen LogP contribution >= 0.6 is 0 Å². The zero-order chi connectivity index (χ0) is 15.4. The van der Waals surface area contributed by atoms with Crippen LogP contribution < -0.4 is 0 Å². The van der Waals surface area contributed by atoms with Crippen molar-refractivity contribution >= 4 is 0 Å². The van der Waals surface area contributed by atoms with E-state index >= 15 is 0 Å². The molecule has 0 bridgehead atoms. The topological polar surface area (TPSA) is 31.4 Å². The predicted octanol–water partition coefficient (Wildman–Crippen LogP) is 5.48. The Morgan fingerprint density at radius 3 is 1.77 bits per heavy atom. The van der Waals surface area contributed by atoms with Crippen molar-refractivity contribution in [2.75, 3.05) is 27.3 Å². The van der Waals surface area contributed by atoms with Crippen LogP contribution in [-0.4, -0.2) is 44.3 Å². The van der Waals surface area contributed by atoms with Crippen LogP contribution in [0.15, 0.2) is 0 Å². The van der Waals surface area contributed by atoms with Crippen molar-refractivity contribution in [1.82, 2.24) is 4.90 Å². The van der Waals surface area contributed by atoms with Gasteiger partial charge in [-0.15, -0.1) is 12.1 Å². The van der Waals surface area contributed by atoms with Gasteiger partial charge in [0.1, 0.15) is 0 Å². The van der Waals surface area contributed by atoms with Crippen LogP contribution in [0.2, 0.25) is 0 Å². The zero-order valence-electron chi connectivity index (χ0n) is 16.3. The standard InChI is InChI=1S/C10H21N.C7H16N2.CH3.La/c1-11(2)9-5-8-10-6-3-4-7-10;1-6(2)8-5-9-7(3)4;;/h10H,3-9H2,1-2H3;6-7H,5H2,1-4H3;1H3;/q;-2;-1;. The molecule has 1 aliphatic rings. The van der Waals surface area contributed by atoms with E-state index in [1.807, 2.05) is 0 Å². The Morgan fingerprint density at radius 1 is 0.955 bits per heavy atom. The molecule has 0 unspecified atom stereocenters. The number of rotatable bonds is 8. The number of hydrogen-bond donors (Lipinski definition) is 0. The van der Waals surface area contributed by atoms with E-state index in [0.29, 0.717) is 18.8 Å². The van der Waals surface area contributed by atoms with E-state index in [9.17, 15) is 0 Å². The van der Waals surface area contributed by atoms with E-state index < -0.39 is 0 Å². The van der Waals surface area contributed by atoms with Gasteiger partial charge in [-0.1, -0.05) is 53.4 Å². The molecule has 0 saturated heterocycles. The van der Waals surface area contributed by atoms with Gasteiger partial charge in [0.25, 0.3) is 0 Å². The minimum Gasteiger partial charge on any atom is -0.678 e. The molecule has 1 saturated carbocycles. The van der Waals surface area contributed by atoms with Crippen molar-refractivity contribution in [3.63, 3.8) is 0 Å². The Labute approximate surface area is 169 Å². The first-order valence-corrected chi connectivity index (χ1v) is 8.39. The second-order valence-electron chi connectivity index (χ2n) is 6.79. The molecule has 0 aromatic rings. The molecule has 1 radical (unpaired) electrons. The maximum absolute atomic E-state index is 4.20. The summed E-state index contributed by atoms with van der Waals surface area (Å²) in [5, 5.41) is 8.40. The fourth-order valence-electron chi connectivity index (χ4n) is 2.37. The van der Waals surface area contributed by atoms with Gasteiger partial charge in [0.05, 0.1) is 0 Å². The summed E-state index contributed by atoms with van der Waals surface area (Å²) in [6.07, 6.45) is 8.87. The molecule has 133 valence electrons. The van der Waals surface area contributed by atoms with Crippen LogP contribution in [-0.2, 0) is 0 Å². The van der Waals surface area contributed by atoms with Crippen LogP contribution in [0, 0.1) is 48.9 Å². The molecule has 4 heteroatoms. The SMILES string of the molecule is CC(C)[N-]C[N-]C(C)C.CN(C)CCCC1CCCC1.[CH3-].[La]. The van der Waals surface area contributed by atoms with Crippen molar-refractivity contribution in [3.05, 3.63) is 18.1 Å². The quantitative estimate of drug-likeness (QED) is 0.463. The zero-order valence-corrected chi connectivity index (χ0v) is 19.9. The molecule has 3 nitrogen and oxygen atoms in total. The average Bonchev–Trinajstić information content (AvgIpc) is 2.81. The molecule has 0 spiro atoms. The van der Waals surface area contributed by atoms with Crippen LogP contribution in [0.3, 0.4) is 0 Å². The summed E-state index contributed by atoms with van der Waals surface area (Å²) in [5.41, 5.74) is 0. The van der Waals surface area contributed by atoms with Gasteiger partial charge in [-0.3, -0.25) is 6.67 Å². The number of hydrogen-bond acceptors (Lipinski definition) is 1. The Kier molecular flexibility index (Phi) is 23.4. The largest absolute Gasteiger partial charge is 0.678 e. The fourth-order valence-corrected chi connectivity index (χ4v) is 2.37. The monoisotopic (exact) mass is 437 g/mol. The van der Waals surface area contributed by atoms with Crippen LogP contribution in [0.5, 0.6) is 0 Å². The van der Waals surface area contributed by atoms with E-state index in [1.54, 1.807) is 0 Å². The van der Waals surface area contributed by atoms with Crippen molar-refractivity contribution in [2.45, 2.75) is 78.3 Å². The first-order chi connectivity index (χ1) is 9.41. The van der Waals surface area contributed by atoms with Crippen LogP contribution in [0.1, 0.15) is 66.2 Å². The van der Waals surface area contributed by atoms with Gasteiger partial charge < -0.3 is 23.0 Å². The first-order valence-electron chi connectivity index (χ1n) is 8.39. The molecule has 0 aliphatic heterocycles. The van der Waals surface area contributed by atoms with Crippen molar-refractivity contribution in [1.29, 1.82) is 0 Å². The first kappa shape index (κ1) is 27.9. The van der Waals surface area contributed by atoms with Gasteiger partial charge >= 0.3 is 0 Å². The van der Waals surface area contributed by atoms with Crippen molar-refractivity contribution < 1.29 is 35.6 Å². The van der Waals surface area contributed by atoms with Crippen LogP contribution in [0.4, 0.5) is 0 Å². The molecule has 22 heavy (non-hydrogen) atoms. The third-order valence-corrected chi connectivity index (χ3v) is 3.59. The van der Waals surface area contributed by atoms with Gasteiger partial charge in [-0.25, -0.2) is 0 Å². The summed E-state index contributed by atoms with van der Waals surface area (Å²) in [4.78, 5) is 2.29. The molecule has 1 aliphatic carbocycles. The van der Waals surface area contributed by atoms with E-state index in [0.717, 1.165) is 5.92 Å². The molecule has 1 rings (SSSR count). The van der Waals surface area contributed by atoms with Crippen molar-refractivity contribution in [3.8, 4) is 0 Å². The summed E-state index contributed by atoms with van der Waals surface area (Å²) >= 11 is 0. The summed E-state index contributed by atoms with van der Waals surface area (Å²) < 4.78 is 0. The Balaban J connectivity index is -0.000000307. The second-order valence-corrected chi connectivity index (χ2v) is 6.79. The van der Waals surface area contributed by atoms with Gasteiger partial charge in [-0.2, -0.15) is 0 Å². The summed E-state index contributed by atoms with van der Waals surface area (Å²) in [6.45, 7) is 10.2. The van der Waals surface area contributed by atoms with Gasteiger partial charge in [-0.05, 0) is 39.4 Å². The molecule has 0 aromatic carbocycles. The summed E-state index contributed by atoms with van der Waals surface area (Å²) in [7, 11) is 4.32. The average molecular weight is 437 g/mol.